The van der Waals surface area contributed by atoms with Crippen LogP contribution in [0.3, 0.4) is 0 Å². The van der Waals surface area contributed by atoms with Crippen molar-refractivity contribution in [1.29, 1.82) is 21.0 Å². The lowest BCUT2D eigenvalue weighted by Crippen LogP contribution is -1.80. The molecule has 0 unspecified atom stereocenters. The van der Waals surface area contributed by atoms with E-state index in [0.29, 0.717) is 0 Å². The number of thiophene rings is 5. The van der Waals surface area contributed by atoms with Crippen molar-refractivity contribution in [3.63, 3.8) is 0 Å². The van der Waals surface area contributed by atoms with Gasteiger partial charge in [0.15, 0.2) is 0 Å². The summed E-state index contributed by atoms with van der Waals surface area (Å²) >= 11 is 8.66. The first kappa shape index (κ1) is 36.2. The summed E-state index contributed by atoms with van der Waals surface area (Å²) in [6.07, 6.45) is 15.4. The summed E-state index contributed by atoms with van der Waals surface area (Å²) in [5.74, 6) is 0. The van der Waals surface area contributed by atoms with Crippen LogP contribution >= 0.6 is 56.7 Å². The molecule has 49 heavy (non-hydrogen) atoms. The molecule has 5 aromatic rings. The summed E-state index contributed by atoms with van der Waals surface area (Å²) < 4.78 is 0. The average Bonchev–Trinajstić information content (AvgIpc) is 3.96. The van der Waals surface area contributed by atoms with E-state index in [1.54, 1.807) is 46.2 Å². The zero-order valence-electron chi connectivity index (χ0n) is 27.7. The van der Waals surface area contributed by atoms with Crippen LogP contribution in [0.4, 0.5) is 0 Å². The first-order valence-electron chi connectivity index (χ1n) is 16.6. The van der Waals surface area contributed by atoms with E-state index < -0.39 is 0 Å². The van der Waals surface area contributed by atoms with Crippen molar-refractivity contribution >= 4 is 68.8 Å². The Balaban J connectivity index is 1.50. The van der Waals surface area contributed by atoms with Crippen LogP contribution < -0.4 is 0 Å². The van der Waals surface area contributed by atoms with Crippen LogP contribution in [0.15, 0.2) is 59.7 Å². The van der Waals surface area contributed by atoms with Gasteiger partial charge < -0.3 is 0 Å². The van der Waals surface area contributed by atoms with Crippen LogP contribution in [0, 0.1) is 45.3 Å². The highest BCUT2D eigenvalue weighted by Gasteiger charge is 2.19. The molecule has 0 saturated carbocycles. The van der Waals surface area contributed by atoms with E-state index in [4.69, 9.17) is 0 Å². The standard InChI is InChI=1S/C40H36N4S5/c1-3-5-7-9-11-31-13-15-33(45-31)37-21-29(19-27(23-41)24-42)39(48-37)35-17-18-36(47-35)40-30(20-28(25-43)26-44)22-38(49-40)34-16-14-32(46-34)12-10-8-6-4-2/h13-22H,3-12H2,1-2H3. The van der Waals surface area contributed by atoms with Gasteiger partial charge in [-0.2, -0.15) is 21.0 Å². The second-order valence-corrected chi connectivity index (χ2v) is 17.2. The SMILES string of the molecule is CCCCCCc1ccc(-c2cc(C=C(C#N)C#N)c(-c3ccc(-c4sc(-c5ccc(CCCCCC)s5)cc4C=C(C#N)C#N)s3)s2)s1. The molecule has 5 heterocycles. The number of hydrogen-bond donors (Lipinski definition) is 0. The molecule has 246 valence electrons. The molecule has 0 radical (unpaired) electrons. The zero-order chi connectivity index (χ0) is 34.6. The summed E-state index contributed by atoms with van der Waals surface area (Å²) in [5, 5.41) is 38.3. The fourth-order valence-electron chi connectivity index (χ4n) is 5.47. The lowest BCUT2D eigenvalue weighted by molar-refractivity contribution is 0.670. The molecule has 0 aliphatic rings. The Hall–Kier alpha value is -4.06. The Labute approximate surface area is 309 Å². The van der Waals surface area contributed by atoms with E-state index in [-0.39, 0.29) is 11.1 Å². The Bertz CT molecular complexity index is 1930. The molecule has 0 atom stereocenters. The summed E-state index contributed by atoms with van der Waals surface area (Å²) in [6, 6.07) is 25.3. The van der Waals surface area contributed by atoms with Crippen molar-refractivity contribution in [3.05, 3.63) is 80.6 Å². The van der Waals surface area contributed by atoms with Gasteiger partial charge in [-0.25, -0.2) is 0 Å². The van der Waals surface area contributed by atoms with Crippen LogP contribution in [0.25, 0.3) is 51.2 Å². The Morgan fingerprint density at radius 1 is 0.490 bits per heavy atom. The molecule has 0 saturated heterocycles. The third kappa shape index (κ3) is 9.35. The van der Waals surface area contributed by atoms with Crippen molar-refractivity contribution in [2.75, 3.05) is 0 Å². The normalized spacial score (nSPS) is 10.6. The van der Waals surface area contributed by atoms with Crippen molar-refractivity contribution in [2.45, 2.75) is 78.1 Å². The van der Waals surface area contributed by atoms with Crippen LogP contribution in [0.2, 0.25) is 0 Å². The van der Waals surface area contributed by atoms with E-state index in [2.05, 4.69) is 62.4 Å². The number of unbranched alkanes of at least 4 members (excludes halogenated alkanes) is 6. The van der Waals surface area contributed by atoms with Gasteiger partial charge in [0.1, 0.15) is 35.4 Å². The highest BCUT2D eigenvalue weighted by Crippen LogP contribution is 2.48. The van der Waals surface area contributed by atoms with Crippen LogP contribution in [-0.4, -0.2) is 0 Å². The van der Waals surface area contributed by atoms with Gasteiger partial charge in [-0.05, 0) is 97.5 Å². The molecule has 5 rings (SSSR count). The molecule has 5 aromatic heterocycles. The Morgan fingerprint density at radius 2 is 0.898 bits per heavy atom. The predicted octanol–water partition coefficient (Wildman–Crippen LogP) is 13.8. The predicted molar refractivity (Wildman–Crippen MR) is 212 cm³/mol. The Morgan fingerprint density at radius 3 is 1.29 bits per heavy atom. The van der Waals surface area contributed by atoms with E-state index >= 15 is 0 Å². The van der Waals surface area contributed by atoms with Gasteiger partial charge in [0.05, 0.1) is 9.75 Å². The van der Waals surface area contributed by atoms with Gasteiger partial charge in [0.2, 0.25) is 0 Å². The van der Waals surface area contributed by atoms with Crippen LogP contribution in [0.5, 0.6) is 0 Å². The maximum absolute atomic E-state index is 9.57. The monoisotopic (exact) mass is 732 g/mol. The first-order valence-corrected chi connectivity index (χ1v) is 20.7. The lowest BCUT2D eigenvalue weighted by Gasteiger charge is -1.98. The minimum absolute atomic E-state index is 0.0710. The number of nitrogens with zero attached hydrogens (tertiary/aromatic N) is 4. The van der Waals surface area contributed by atoms with Crippen molar-refractivity contribution in [2.24, 2.45) is 0 Å². The largest absolute Gasteiger partial charge is 0.192 e. The summed E-state index contributed by atoms with van der Waals surface area (Å²) in [6.45, 7) is 4.46. The molecular weight excluding hydrogens is 697 g/mol. The molecule has 9 heteroatoms. The maximum Gasteiger partial charge on any atom is 0.130 e. The fourth-order valence-corrected chi connectivity index (χ4v) is 11.3. The van der Waals surface area contributed by atoms with Gasteiger partial charge in [-0.1, -0.05) is 52.4 Å². The highest BCUT2D eigenvalue weighted by atomic mass is 32.1. The molecule has 4 nitrogen and oxygen atoms in total. The summed E-state index contributed by atoms with van der Waals surface area (Å²) in [4.78, 5) is 11.5. The number of allylic oxidation sites excluding steroid dienone is 2. The summed E-state index contributed by atoms with van der Waals surface area (Å²) in [5.41, 5.74) is 1.86. The Kier molecular flexibility index (Phi) is 13.4. The zero-order valence-corrected chi connectivity index (χ0v) is 31.8. The molecule has 0 N–H and O–H groups in total. The molecule has 0 aliphatic heterocycles. The third-order valence-electron chi connectivity index (χ3n) is 8.02. The van der Waals surface area contributed by atoms with Crippen LogP contribution in [-0.2, 0) is 12.8 Å². The average molecular weight is 733 g/mol. The van der Waals surface area contributed by atoms with E-state index in [9.17, 15) is 21.0 Å². The van der Waals surface area contributed by atoms with Crippen molar-refractivity contribution in [3.8, 4) is 63.3 Å². The smallest absolute Gasteiger partial charge is 0.130 e. The van der Waals surface area contributed by atoms with Gasteiger partial charge in [0, 0.05) is 39.0 Å². The molecule has 0 amide bonds. The van der Waals surface area contributed by atoms with Crippen molar-refractivity contribution < 1.29 is 0 Å². The number of hydrogen-bond acceptors (Lipinski definition) is 9. The number of aryl methyl sites for hydroxylation is 2. The quantitative estimate of drug-likeness (QED) is 0.0745. The molecule has 0 bridgehead atoms. The molecule has 0 fully saturated rings. The number of nitriles is 4. The second-order valence-electron chi connectivity index (χ2n) is 11.7. The summed E-state index contributed by atoms with van der Waals surface area (Å²) in [7, 11) is 0. The van der Waals surface area contributed by atoms with Gasteiger partial charge in [-0.3, -0.25) is 0 Å². The van der Waals surface area contributed by atoms with E-state index in [0.717, 1.165) is 53.2 Å². The lowest BCUT2D eigenvalue weighted by atomic mass is 10.1. The highest BCUT2D eigenvalue weighted by molar-refractivity contribution is 7.30. The second kappa shape index (κ2) is 18.1. The first-order chi connectivity index (χ1) is 24.0. The molecular formula is C40H36N4S5. The molecule has 0 aromatic carbocycles. The van der Waals surface area contributed by atoms with Gasteiger partial charge in [0.25, 0.3) is 0 Å². The minimum Gasteiger partial charge on any atom is -0.192 e. The third-order valence-corrected chi connectivity index (χ3v) is 14.4. The molecule has 0 spiro atoms. The van der Waals surface area contributed by atoms with Gasteiger partial charge in [-0.15, -0.1) is 56.7 Å². The van der Waals surface area contributed by atoms with E-state index in [1.807, 2.05) is 47.0 Å². The van der Waals surface area contributed by atoms with E-state index in [1.165, 1.54) is 70.9 Å². The maximum atomic E-state index is 9.57. The number of rotatable bonds is 16. The minimum atomic E-state index is 0.0710. The van der Waals surface area contributed by atoms with Gasteiger partial charge >= 0.3 is 0 Å². The van der Waals surface area contributed by atoms with Crippen molar-refractivity contribution in [1.82, 2.24) is 0 Å². The topological polar surface area (TPSA) is 95.2 Å². The van der Waals surface area contributed by atoms with Crippen LogP contribution in [0.1, 0.15) is 86.1 Å². The fraction of sp³-hybridized carbons (Fsp3) is 0.300. The molecule has 0 aliphatic carbocycles.